The van der Waals surface area contributed by atoms with Crippen LogP contribution in [-0.2, 0) is 11.3 Å². The van der Waals surface area contributed by atoms with E-state index in [0.717, 1.165) is 18.4 Å². The standard InChI is InChI=1S/C19H27N3O2/c1-18(2,24)14-22(11-15-7-5-4-6-8-15)12-17(23)21-19(3,13-20)16-9-10-16/h4-8,16,24H,9-12,14H2,1-3H3,(H,21,23). The first kappa shape index (κ1) is 18.4. The van der Waals surface area contributed by atoms with Crippen LogP contribution in [0.15, 0.2) is 30.3 Å². The van der Waals surface area contributed by atoms with Crippen LogP contribution in [0.5, 0.6) is 0 Å². The van der Waals surface area contributed by atoms with Crippen molar-refractivity contribution in [1.82, 2.24) is 10.2 Å². The van der Waals surface area contributed by atoms with Crippen molar-refractivity contribution < 1.29 is 9.90 Å². The molecule has 24 heavy (non-hydrogen) atoms. The molecule has 5 heteroatoms. The summed E-state index contributed by atoms with van der Waals surface area (Å²) in [5.41, 5.74) is -0.603. The lowest BCUT2D eigenvalue weighted by molar-refractivity contribution is -0.124. The molecule has 0 radical (unpaired) electrons. The number of amides is 1. The molecule has 1 atom stereocenters. The highest BCUT2D eigenvalue weighted by molar-refractivity contribution is 5.79. The maximum absolute atomic E-state index is 12.5. The Kier molecular flexibility index (Phi) is 5.63. The third kappa shape index (κ3) is 5.63. The molecule has 0 heterocycles. The molecule has 1 saturated carbocycles. The fourth-order valence-corrected chi connectivity index (χ4v) is 2.97. The van der Waals surface area contributed by atoms with E-state index in [-0.39, 0.29) is 18.4 Å². The zero-order valence-electron chi connectivity index (χ0n) is 14.7. The van der Waals surface area contributed by atoms with Gasteiger partial charge in [-0.1, -0.05) is 30.3 Å². The second-order valence-electron chi connectivity index (χ2n) is 7.58. The molecule has 1 aliphatic carbocycles. The van der Waals surface area contributed by atoms with Crippen molar-refractivity contribution in [3.8, 4) is 6.07 Å². The molecule has 130 valence electrons. The van der Waals surface area contributed by atoms with Crippen LogP contribution < -0.4 is 5.32 Å². The van der Waals surface area contributed by atoms with Gasteiger partial charge in [0, 0.05) is 13.1 Å². The summed E-state index contributed by atoms with van der Waals surface area (Å²) in [6.45, 7) is 6.36. The van der Waals surface area contributed by atoms with Gasteiger partial charge in [-0.3, -0.25) is 9.69 Å². The minimum Gasteiger partial charge on any atom is -0.389 e. The number of hydrogen-bond donors (Lipinski definition) is 2. The Hall–Kier alpha value is -1.90. The molecular weight excluding hydrogens is 302 g/mol. The zero-order chi connectivity index (χ0) is 17.8. The summed E-state index contributed by atoms with van der Waals surface area (Å²) in [7, 11) is 0. The van der Waals surface area contributed by atoms with E-state index in [2.05, 4.69) is 11.4 Å². The molecule has 0 aromatic heterocycles. The molecular formula is C19H27N3O2. The van der Waals surface area contributed by atoms with Crippen LogP contribution in [-0.4, -0.2) is 40.1 Å². The van der Waals surface area contributed by atoms with E-state index >= 15 is 0 Å². The van der Waals surface area contributed by atoms with Gasteiger partial charge in [0.05, 0.1) is 18.2 Å². The quantitative estimate of drug-likeness (QED) is 0.765. The SMILES string of the molecule is CC(C)(O)CN(CC(=O)NC(C)(C#N)C1CC1)Cc1ccccc1. The van der Waals surface area contributed by atoms with Crippen molar-refractivity contribution in [2.75, 3.05) is 13.1 Å². The highest BCUT2D eigenvalue weighted by Crippen LogP contribution is 2.39. The molecule has 2 rings (SSSR count). The average molecular weight is 329 g/mol. The van der Waals surface area contributed by atoms with Gasteiger partial charge < -0.3 is 10.4 Å². The lowest BCUT2D eigenvalue weighted by Gasteiger charge is -2.30. The number of carbonyl (C=O) groups is 1. The first-order valence-electron chi connectivity index (χ1n) is 8.43. The van der Waals surface area contributed by atoms with Gasteiger partial charge in [-0.25, -0.2) is 0 Å². The van der Waals surface area contributed by atoms with Gasteiger partial charge in [-0.05, 0) is 45.1 Å². The molecule has 1 aromatic carbocycles. The fraction of sp³-hybridized carbons (Fsp3) is 0.579. The van der Waals surface area contributed by atoms with E-state index in [9.17, 15) is 15.2 Å². The summed E-state index contributed by atoms with van der Waals surface area (Å²) in [5, 5.41) is 22.4. The molecule has 5 nitrogen and oxygen atoms in total. The summed E-state index contributed by atoms with van der Waals surface area (Å²) in [5.74, 6) is 0.0782. The molecule has 2 N–H and O–H groups in total. The van der Waals surface area contributed by atoms with Crippen LogP contribution in [0, 0.1) is 17.2 Å². The number of nitriles is 1. The summed E-state index contributed by atoms with van der Waals surface area (Å²) in [6.07, 6.45) is 1.98. The van der Waals surface area contributed by atoms with Gasteiger partial charge in [0.15, 0.2) is 0 Å². The van der Waals surface area contributed by atoms with Crippen LogP contribution in [0.25, 0.3) is 0 Å². The number of nitrogens with zero attached hydrogens (tertiary/aromatic N) is 2. The van der Waals surface area contributed by atoms with Crippen LogP contribution in [0.3, 0.4) is 0 Å². The number of aliphatic hydroxyl groups is 1. The Morgan fingerprint density at radius 1 is 1.33 bits per heavy atom. The summed E-state index contributed by atoms with van der Waals surface area (Å²) < 4.78 is 0. The average Bonchev–Trinajstić information content (AvgIpc) is 3.31. The number of carbonyl (C=O) groups excluding carboxylic acids is 1. The molecule has 1 unspecified atom stereocenters. The molecule has 1 aliphatic rings. The third-order valence-corrected chi connectivity index (χ3v) is 4.25. The lowest BCUT2D eigenvalue weighted by Crippen LogP contribution is -2.51. The van der Waals surface area contributed by atoms with Crippen molar-refractivity contribution in [1.29, 1.82) is 5.26 Å². The zero-order valence-corrected chi connectivity index (χ0v) is 14.7. The minimum absolute atomic E-state index is 0.156. The van der Waals surface area contributed by atoms with Gasteiger partial charge in [0.25, 0.3) is 0 Å². The lowest BCUT2D eigenvalue weighted by atomic mass is 9.98. The third-order valence-electron chi connectivity index (χ3n) is 4.25. The maximum atomic E-state index is 12.5. The molecule has 0 aliphatic heterocycles. The predicted octanol–water partition coefficient (Wildman–Crippen LogP) is 2.07. The van der Waals surface area contributed by atoms with E-state index in [1.54, 1.807) is 20.8 Å². The smallest absolute Gasteiger partial charge is 0.235 e. The number of rotatable bonds is 8. The molecule has 0 saturated heterocycles. The summed E-state index contributed by atoms with van der Waals surface area (Å²) in [6, 6.07) is 12.1. The van der Waals surface area contributed by atoms with Crippen LogP contribution in [0.4, 0.5) is 0 Å². The van der Waals surface area contributed by atoms with Crippen molar-refractivity contribution in [3.05, 3.63) is 35.9 Å². The normalized spacial score (nSPS) is 17.2. The highest BCUT2D eigenvalue weighted by atomic mass is 16.3. The molecule has 0 spiro atoms. The number of benzene rings is 1. The van der Waals surface area contributed by atoms with E-state index in [0.29, 0.717) is 13.1 Å². The second-order valence-corrected chi connectivity index (χ2v) is 7.58. The van der Waals surface area contributed by atoms with Crippen LogP contribution >= 0.6 is 0 Å². The van der Waals surface area contributed by atoms with E-state index in [1.807, 2.05) is 35.2 Å². The van der Waals surface area contributed by atoms with Crippen LogP contribution in [0.1, 0.15) is 39.2 Å². The first-order chi connectivity index (χ1) is 11.2. The summed E-state index contributed by atoms with van der Waals surface area (Å²) in [4.78, 5) is 14.4. The second kappa shape index (κ2) is 7.33. The monoisotopic (exact) mass is 329 g/mol. The minimum atomic E-state index is -0.899. The Bertz CT molecular complexity index is 599. The number of nitrogens with one attached hydrogen (secondary N) is 1. The maximum Gasteiger partial charge on any atom is 0.235 e. The highest BCUT2D eigenvalue weighted by Gasteiger charge is 2.43. The van der Waals surface area contributed by atoms with Gasteiger partial charge in [-0.2, -0.15) is 5.26 Å². The van der Waals surface area contributed by atoms with E-state index in [1.165, 1.54) is 0 Å². The van der Waals surface area contributed by atoms with Gasteiger partial charge in [0.2, 0.25) is 5.91 Å². The van der Waals surface area contributed by atoms with Crippen LogP contribution in [0.2, 0.25) is 0 Å². The van der Waals surface area contributed by atoms with Gasteiger partial charge in [0.1, 0.15) is 5.54 Å². The molecule has 1 fully saturated rings. The van der Waals surface area contributed by atoms with Crippen molar-refractivity contribution in [3.63, 3.8) is 0 Å². The summed E-state index contributed by atoms with van der Waals surface area (Å²) >= 11 is 0. The first-order valence-corrected chi connectivity index (χ1v) is 8.43. The predicted molar refractivity (Wildman–Crippen MR) is 92.9 cm³/mol. The fourth-order valence-electron chi connectivity index (χ4n) is 2.97. The number of hydrogen-bond acceptors (Lipinski definition) is 4. The van der Waals surface area contributed by atoms with Crippen molar-refractivity contribution in [2.45, 2.75) is 51.3 Å². The Labute approximate surface area is 144 Å². The van der Waals surface area contributed by atoms with Crippen molar-refractivity contribution in [2.24, 2.45) is 5.92 Å². The Morgan fingerprint density at radius 2 is 1.96 bits per heavy atom. The topological polar surface area (TPSA) is 76.4 Å². The van der Waals surface area contributed by atoms with Gasteiger partial charge in [-0.15, -0.1) is 0 Å². The Balaban J connectivity index is 2.01. The van der Waals surface area contributed by atoms with Crippen molar-refractivity contribution >= 4 is 5.91 Å². The Morgan fingerprint density at radius 3 is 2.46 bits per heavy atom. The van der Waals surface area contributed by atoms with E-state index in [4.69, 9.17) is 0 Å². The largest absolute Gasteiger partial charge is 0.389 e. The molecule has 1 amide bonds. The molecule has 0 bridgehead atoms. The van der Waals surface area contributed by atoms with E-state index < -0.39 is 11.1 Å². The molecule has 1 aromatic rings. The van der Waals surface area contributed by atoms with Gasteiger partial charge >= 0.3 is 0 Å².